The van der Waals surface area contributed by atoms with Crippen LogP contribution in [0, 0.1) is 24.0 Å². The second-order valence-corrected chi connectivity index (χ2v) is 4.99. The van der Waals surface area contributed by atoms with Gasteiger partial charge in [-0.25, -0.2) is 4.79 Å². The van der Waals surface area contributed by atoms with Crippen molar-refractivity contribution in [3.63, 3.8) is 0 Å². The molecule has 0 saturated heterocycles. The van der Waals surface area contributed by atoms with Gasteiger partial charge in [-0.1, -0.05) is 23.7 Å². The molecule has 0 bridgehead atoms. The molecule has 0 aliphatic carbocycles. The van der Waals surface area contributed by atoms with E-state index in [-0.39, 0.29) is 16.3 Å². The Kier molecular flexibility index (Phi) is 4.23. The van der Waals surface area contributed by atoms with Crippen molar-refractivity contribution in [3.05, 3.63) is 68.2 Å². The van der Waals surface area contributed by atoms with Crippen LogP contribution in [0.25, 0.3) is 0 Å². The van der Waals surface area contributed by atoms with E-state index in [1.807, 2.05) is 26.0 Å². The molecule has 0 aliphatic rings. The van der Waals surface area contributed by atoms with E-state index in [0.717, 1.165) is 17.2 Å². The van der Waals surface area contributed by atoms with Gasteiger partial charge in [0.1, 0.15) is 5.75 Å². The molecule has 0 heterocycles. The number of non-ortho nitro benzene ring substituents is 1. The summed E-state index contributed by atoms with van der Waals surface area (Å²) in [7, 11) is 0. The summed E-state index contributed by atoms with van der Waals surface area (Å²) in [5, 5.41) is 10.6. The van der Waals surface area contributed by atoms with Gasteiger partial charge < -0.3 is 4.74 Å². The van der Waals surface area contributed by atoms with Gasteiger partial charge in [0.15, 0.2) is 0 Å². The fourth-order valence-electron chi connectivity index (χ4n) is 1.76. The van der Waals surface area contributed by atoms with Crippen LogP contribution in [-0.2, 0) is 0 Å². The Balaban J connectivity index is 2.28. The van der Waals surface area contributed by atoms with Gasteiger partial charge in [-0.15, -0.1) is 0 Å². The van der Waals surface area contributed by atoms with Crippen LogP contribution in [-0.4, -0.2) is 10.9 Å². The normalized spacial score (nSPS) is 10.2. The molecule has 2 aromatic carbocycles. The molecular formula is C15H12ClNO4. The van der Waals surface area contributed by atoms with Crippen molar-refractivity contribution in [2.75, 3.05) is 0 Å². The van der Waals surface area contributed by atoms with Crippen LogP contribution in [0.4, 0.5) is 5.69 Å². The molecule has 0 aromatic heterocycles. The molecule has 2 rings (SSSR count). The third-order valence-electron chi connectivity index (χ3n) is 2.93. The third-order valence-corrected chi connectivity index (χ3v) is 3.24. The highest BCUT2D eigenvalue weighted by Crippen LogP contribution is 2.25. The molecule has 108 valence electrons. The van der Waals surface area contributed by atoms with Crippen LogP contribution in [0.5, 0.6) is 5.75 Å². The molecule has 0 atom stereocenters. The molecule has 0 radical (unpaired) electrons. The minimum absolute atomic E-state index is 0.0143. The van der Waals surface area contributed by atoms with Crippen LogP contribution in [0.3, 0.4) is 0 Å². The molecule has 0 saturated carbocycles. The van der Waals surface area contributed by atoms with E-state index >= 15 is 0 Å². The van der Waals surface area contributed by atoms with Gasteiger partial charge in [-0.3, -0.25) is 10.1 Å². The van der Waals surface area contributed by atoms with Crippen molar-refractivity contribution in [1.29, 1.82) is 0 Å². The summed E-state index contributed by atoms with van der Waals surface area (Å²) in [4.78, 5) is 22.2. The number of ether oxygens (including phenoxy) is 1. The Bertz CT molecular complexity index is 728. The Morgan fingerprint density at radius 1 is 1.19 bits per heavy atom. The fourth-order valence-corrected chi connectivity index (χ4v) is 2.01. The van der Waals surface area contributed by atoms with Gasteiger partial charge in [-0.2, -0.15) is 0 Å². The minimum atomic E-state index is -0.649. The number of hydrogen-bond acceptors (Lipinski definition) is 4. The van der Waals surface area contributed by atoms with Gasteiger partial charge in [0, 0.05) is 12.1 Å². The lowest BCUT2D eigenvalue weighted by molar-refractivity contribution is -0.384. The smallest absolute Gasteiger partial charge is 0.345 e. The van der Waals surface area contributed by atoms with Gasteiger partial charge in [-0.05, 0) is 37.1 Å². The van der Waals surface area contributed by atoms with E-state index < -0.39 is 10.9 Å². The minimum Gasteiger partial charge on any atom is -0.423 e. The molecule has 21 heavy (non-hydrogen) atoms. The van der Waals surface area contributed by atoms with Gasteiger partial charge in [0.05, 0.1) is 15.5 Å². The summed E-state index contributed by atoms with van der Waals surface area (Å²) in [6, 6.07) is 9.12. The van der Waals surface area contributed by atoms with Crippen molar-refractivity contribution in [1.82, 2.24) is 0 Å². The maximum atomic E-state index is 12.1. The Morgan fingerprint density at radius 2 is 1.90 bits per heavy atom. The van der Waals surface area contributed by atoms with Crippen LogP contribution in [0.15, 0.2) is 36.4 Å². The van der Waals surface area contributed by atoms with Crippen LogP contribution >= 0.6 is 11.6 Å². The number of carbonyl (C=O) groups excluding carboxylic acids is 1. The first kappa shape index (κ1) is 15.0. The SMILES string of the molecule is Cc1ccc(C)c(OC(=O)c2ccc([N+](=O)[O-])cc2Cl)c1. The van der Waals surface area contributed by atoms with Gasteiger partial charge in [0.2, 0.25) is 0 Å². The van der Waals surface area contributed by atoms with Crippen LogP contribution in [0.2, 0.25) is 5.02 Å². The zero-order valence-electron chi connectivity index (χ0n) is 11.4. The highest BCUT2D eigenvalue weighted by molar-refractivity contribution is 6.33. The number of halogens is 1. The molecule has 2 aromatic rings. The lowest BCUT2D eigenvalue weighted by Crippen LogP contribution is -2.10. The molecular weight excluding hydrogens is 294 g/mol. The lowest BCUT2D eigenvalue weighted by Gasteiger charge is -2.09. The van der Waals surface area contributed by atoms with Crippen LogP contribution < -0.4 is 4.74 Å². The molecule has 0 N–H and O–H groups in total. The molecule has 0 aliphatic heterocycles. The Hall–Kier alpha value is -2.40. The van der Waals surface area contributed by atoms with E-state index in [1.165, 1.54) is 12.1 Å². The number of esters is 1. The average Bonchev–Trinajstić information content (AvgIpc) is 2.42. The standard InChI is InChI=1S/C15H12ClNO4/c1-9-3-4-10(2)14(7-9)21-15(18)12-6-5-11(17(19)20)8-13(12)16/h3-8H,1-2H3. The second kappa shape index (κ2) is 5.93. The zero-order chi connectivity index (χ0) is 15.6. The van der Waals surface area contributed by atoms with E-state index in [0.29, 0.717) is 5.75 Å². The summed E-state index contributed by atoms with van der Waals surface area (Å²) in [5.74, 6) is -0.210. The molecule has 6 heteroatoms. The first-order valence-electron chi connectivity index (χ1n) is 6.12. The zero-order valence-corrected chi connectivity index (χ0v) is 12.2. The number of benzene rings is 2. The maximum Gasteiger partial charge on any atom is 0.345 e. The van der Waals surface area contributed by atoms with E-state index in [9.17, 15) is 14.9 Å². The predicted molar refractivity (Wildman–Crippen MR) is 79.0 cm³/mol. The number of nitro benzene ring substituents is 1. The molecule has 0 unspecified atom stereocenters. The highest BCUT2D eigenvalue weighted by atomic mass is 35.5. The monoisotopic (exact) mass is 305 g/mol. The third kappa shape index (κ3) is 3.38. The van der Waals surface area contributed by atoms with Crippen LogP contribution in [0.1, 0.15) is 21.5 Å². The summed E-state index contributed by atoms with van der Waals surface area (Å²) < 4.78 is 5.30. The van der Waals surface area contributed by atoms with Gasteiger partial charge >= 0.3 is 5.97 Å². The van der Waals surface area contributed by atoms with Crippen molar-refractivity contribution in [3.8, 4) is 5.75 Å². The largest absolute Gasteiger partial charge is 0.423 e. The second-order valence-electron chi connectivity index (χ2n) is 4.58. The number of nitrogens with zero attached hydrogens (tertiary/aromatic N) is 1. The summed E-state index contributed by atoms with van der Waals surface area (Å²) in [6.45, 7) is 3.70. The average molecular weight is 306 g/mol. The van der Waals surface area contributed by atoms with E-state index in [1.54, 1.807) is 6.07 Å². The summed E-state index contributed by atoms with van der Waals surface area (Å²) in [5.41, 5.74) is 1.68. The van der Waals surface area contributed by atoms with Crippen molar-refractivity contribution in [2.24, 2.45) is 0 Å². The number of aryl methyl sites for hydroxylation is 2. The highest BCUT2D eigenvalue weighted by Gasteiger charge is 2.17. The Labute approximate surface area is 126 Å². The Morgan fingerprint density at radius 3 is 2.52 bits per heavy atom. The number of rotatable bonds is 3. The summed E-state index contributed by atoms with van der Waals surface area (Å²) >= 11 is 5.90. The number of carbonyl (C=O) groups is 1. The topological polar surface area (TPSA) is 69.4 Å². The molecule has 0 spiro atoms. The number of hydrogen-bond donors (Lipinski definition) is 0. The quantitative estimate of drug-likeness (QED) is 0.371. The van der Waals surface area contributed by atoms with Crippen molar-refractivity contribution >= 4 is 23.3 Å². The molecule has 0 fully saturated rings. The van der Waals surface area contributed by atoms with Crippen molar-refractivity contribution < 1.29 is 14.5 Å². The fraction of sp³-hybridized carbons (Fsp3) is 0.133. The first-order chi connectivity index (χ1) is 9.88. The summed E-state index contributed by atoms with van der Waals surface area (Å²) in [6.07, 6.45) is 0. The van der Waals surface area contributed by atoms with E-state index in [4.69, 9.17) is 16.3 Å². The number of nitro groups is 1. The lowest BCUT2D eigenvalue weighted by atomic mass is 10.1. The maximum absolute atomic E-state index is 12.1. The molecule has 5 nitrogen and oxygen atoms in total. The first-order valence-corrected chi connectivity index (χ1v) is 6.49. The van der Waals surface area contributed by atoms with Crippen molar-refractivity contribution in [2.45, 2.75) is 13.8 Å². The molecule has 0 amide bonds. The van der Waals surface area contributed by atoms with Gasteiger partial charge in [0.25, 0.3) is 5.69 Å². The predicted octanol–water partition coefficient (Wildman–Crippen LogP) is 4.08. The van der Waals surface area contributed by atoms with E-state index in [2.05, 4.69) is 0 Å².